The van der Waals surface area contributed by atoms with Gasteiger partial charge < -0.3 is 20.4 Å². The molecule has 1 aromatic heterocycles. The molecule has 0 saturated carbocycles. The minimum absolute atomic E-state index is 0.00718. The van der Waals surface area contributed by atoms with E-state index in [2.05, 4.69) is 22.5 Å². The second kappa shape index (κ2) is 16.2. The average Bonchev–Trinajstić information content (AvgIpc) is 3.26. The molecule has 7 nitrogen and oxygen atoms in total. The summed E-state index contributed by atoms with van der Waals surface area (Å²) >= 11 is 0. The summed E-state index contributed by atoms with van der Waals surface area (Å²) in [5.41, 5.74) is 0.652. The van der Waals surface area contributed by atoms with Crippen LogP contribution in [0.15, 0.2) is 12.1 Å². The van der Waals surface area contributed by atoms with Crippen LogP contribution in [0.4, 0.5) is 0 Å². The number of carbonyl (C=O) groups is 4. The van der Waals surface area contributed by atoms with Crippen LogP contribution in [0.25, 0.3) is 0 Å². The second-order valence-corrected chi connectivity index (χ2v) is 8.91. The van der Waals surface area contributed by atoms with E-state index in [1.54, 1.807) is 12.1 Å². The van der Waals surface area contributed by atoms with Gasteiger partial charge in [0, 0.05) is 6.42 Å². The van der Waals surface area contributed by atoms with E-state index in [0.717, 1.165) is 19.3 Å². The monoisotopic (exact) mass is 447 g/mol. The highest BCUT2D eigenvalue weighted by atomic mass is 16.2. The fraction of sp³-hybridized carbons (Fsp3) is 0.680. The van der Waals surface area contributed by atoms with Gasteiger partial charge in [0.25, 0.3) is 5.91 Å². The highest BCUT2D eigenvalue weighted by Crippen LogP contribution is 2.13. The number of carbonyl (C=O) groups excluding carboxylic acids is 4. The van der Waals surface area contributed by atoms with Gasteiger partial charge in [-0.15, -0.1) is 0 Å². The van der Waals surface area contributed by atoms with Crippen molar-refractivity contribution in [3.63, 3.8) is 0 Å². The molecule has 0 saturated heterocycles. The molecule has 0 aliphatic heterocycles. The SMILES string of the molecule is CCCCCCCCCCCC(=O)c1ccc(C(=O)NCC(=O)NC(C=O)CC(C)C)[nH]1. The van der Waals surface area contributed by atoms with E-state index < -0.39 is 17.9 Å². The molecule has 2 amide bonds. The molecule has 1 rings (SSSR count). The van der Waals surface area contributed by atoms with Gasteiger partial charge in [-0.25, -0.2) is 0 Å². The fourth-order valence-corrected chi connectivity index (χ4v) is 3.59. The third-order valence-corrected chi connectivity index (χ3v) is 5.38. The summed E-state index contributed by atoms with van der Waals surface area (Å²) in [6.07, 6.45) is 12.5. The number of aldehydes is 1. The Hall–Kier alpha value is -2.44. The van der Waals surface area contributed by atoms with Crippen LogP contribution in [0.5, 0.6) is 0 Å². The molecule has 3 N–H and O–H groups in total. The molecule has 1 aromatic rings. The third kappa shape index (κ3) is 11.8. The van der Waals surface area contributed by atoms with Crippen molar-refractivity contribution in [1.82, 2.24) is 15.6 Å². The maximum absolute atomic E-state index is 12.3. The summed E-state index contributed by atoms with van der Waals surface area (Å²) < 4.78 is 0. The quantitative estimate of drug-likeness (QED) is 0.174. The van der Waals surface area contributed by atoms with Crippen LogP contribution >= 0.6 is 0 Å². The molecule has 0 aliphatic rings. The van der Waals surface area contributed by atoms with Crippen LogP contribution in [0.3, 0.4) is 0 Å². The number of unbranched alkanes of at least 4 members (excludes halogenated alkanes) is 8. The van der Waals surface area contributed by atoms with Crippen LogP contribution in [-0.4, -0.2) is 41.5 Å². The van der Waals surface area contributed by atoms with Crippen molar-refractivity contribution < 1.29 is 19.2 Å². The van der Waals surface area contributed by atoms with E-state index in [9.17, 15) is 19.2 Å². The van der Waals surface area contributed by atoms with Gasteiger partial charge in [-0.1, -0.05) is 72.1 Å². The van der Waals surface area contributed by atoms with Gasteiger partial charge in [0.1, 0.15) is 12.0 Å². The lowest BCUT2D eigenvalue weighted by atomic mass is 10.0. The molecule has 0 fully saturated rings. The fourth-order valence-electron chi connectivity index (χ4n) is 3.59. The van der Waals surface area contributed by atoms with Gasteiger partial charge in [-0.05, 0) is 30.9 Å². The van der Waals surface area contributed by atoms with Gasteiger partial charge in [-0.3, -0.25) is 14.4 Å². The number of H-pyrrole nitrogens is 1. The van der Waals surface area contributed by atoms with E-state index in [1.165, 1.54) is 38.5 Å². The minimum Gasteiger partial charge on any atom is -0.348 e. The summed E-state index contributed by atoms with van der Waals surface area (Å²) in [6.45, 7) is 5.91. The molecule has 0 spiro atoms. The molecule has 32 heavy (non-hydrogen) atoms. The molecule has 180 valence electrons. The minimum atomic E-state index is -0.560. The molecule has 1 atom stereocenters. The summed E-state index contributed by atoms with van der Waals surface area (Å²) in [6, 6.07) is 2.59. The largest absolute Gasteiger partial charge is 0.348 e. The van der Waals surface area contributed by atoms with E-state index in [0.29, 0.717) is 24.8 Å². The first-order valence-corrected chi connectivity index (χ1v) is 12.1. The Kier molecular flexibility index (Phi) is 14.0. The summed E-state index contributed by atoms with van der Waals surface area (Å²) in [5.74, 6) is -0.629. The lowest BCUT2D eigenvalue weighted by Gasteiger charge is -2.14. The molecule has 0 aliphatic carbocycles. The van der Waals surface area contributed by atoms with Crippen molar-refractivity contribution in [3.05, 3.63) is 23.5 Å². The number of aromatic amines is 1. The standard InChI is InChI=1S/C25H41N3O4/c1-4-5-6-7-8-9-10-11-12-13-23(30)21-14-15-22(28-21)25(32)26-17-24(31)27-20(18-29)16-19(2)3/h14-15,18-20,28H,4-13,16-17H2,1-3H3,(H,26,32)(H,27,31). The maximum Gasteiger partial charge on any atom is 0.268 e. The van der Waals surface area contributed by atoms with Gasteiger partial charge in [0.15, 0.2) is 5.78 Å². The van der Waals surface area contributed by atoms with Gasteiger partial charge in [0.2, 0.25) is 5.91 Å². The number of amides is 2. The molecule has 1 heterocycles. The van der Waals surface area contributed by atoms with Crippen molar-refractivity contribution >= 4 is 23.9 Å². The van der Waals surface area contributed by atoms with Crippen LogP contribution in [0, 0.1) is 5.92 Å². The van der Waals surface area contributed by atoms with Crippen LogP contribution in [0.1, 0.15) is 112 Å². The molecule has 7 heteroatoms. The molecular formula is C25H41N3O4. The number of rotatable bonds is 18. The molecule has 0 bridgehead atoms. The summed E-state index contributed by atoms with van der Waals surface area (Å²) in [4.78, 5) is 50.4. The van der Waals surface area contributed by atoms with E-state index in [1.807, 2.05) is 13.8 Å². The molecule has 0 radical (unpaired) electrons. The van der Waals surface area contributed by atoms with Gasteiger partial charge in [-0.2, -0.15) is 0 Å². The molecule has 1 unspecified atom stereocenters. The van der Waals surface area contributed by atoms with Crippen molar-refractivity contribution in [2.75, 3.05) is 6.54 Å². The Labute approximate surface area is 192 Å². The first-order chi connectivity index (χ1) is 15.4. The number of hydrogen-bond donors (Lipinski definition) is 3. The molecular weight excluding hydrogens is 406 g/mol. The first-order valence-electron chi connectivity index (χ1n) is 12.1. The van der Waals surface area contributed by atoms with Crippen LogP contribution in [-0.2, 0) is 9.59 Å². The van der Waals surface area contributed by atoms with Crippen molar-refractivity contribution in [3.8, 4) is 0 Å². The zero-order chi connectivity index (χ0) is 23.8. The predicted molar refractivity (Wildman–Crippen MR) is 127 cm³/mol. The second-order valence-electron chi connectivity index (χ2n) is 8.91. The van der Waals surface area contributed by atoms with Crippen LogP contribution < -0.4 is 10.6 Å². The summed E-state index contributed by atoms with van der Waals surface area (Å²) in [7, 11) is 0. The molecule has 0 aromatic carbocycles. The Morgan fingerprint density at radius 2 is 1.53 bits per heavy atom. The van der Waals surface area contributed by atoms with Crippen molar-refractivity contribution in [2.45, 2.75) is 97.4 Å². The summed E-state index contributed by atoms with van der Waals surface area (Å²) in [5, 5.41) is 5.10. The highest BCUT2D eigenvalue weighted by Gasteiger charge is 2.16. The van der Waals surface area contributed by atoms with E-state index in [4.69, 9.17) is 0 Å². The number of ketones is 1. The van der Waals surface area contributed by atoms with Gasteiger partial charge >= 0.3 is 0 Å². The lowest BCUT2D eigenvalue weighted by Crippen LogP contribution is -2.43. The van der Waals surface area contributed by atoms with Crippen LogP contribution in [0.2, 0.25) is 0 Å². The number of hydrogen-bond acceptors (Lipinski definition) is 4. The Bertz CT molecular complexity index is 712. The third-order valence-electron chi connectivity index (χ3n) is 5.38. The van der Waals surface area contributed by atoms with Crippen molar-refractivity contribution in [1.29, 1.82) is 0 Å². The zero-order valence-electron chi connectivity index (χ0n) is 20.0. The topological polar surface area (TPSA) is 108 Å². The normalized spacial score (nSPS) is 11.9. The Morgan fingerprint density at radius 1 is 0.938 bits per heavy atom. The highest BCUT2D eigenvalue weighted by molar-refractivity contribution is 5.99. The van der Waals surface area contributed by atoms with Crippen molar-refractivity contribution in [2.24, 2.45) is 5.92 Å². The Balaban J connectivity index is 2.29. The first kappa shape index (κ1) is 27.6. The average molecular weight is 448 g/mol. The van der Waals surface area contributed by atoms with E-state index >= 15 is 0 Å². The lowest BCUT2D eigenvalue weighted by molar-refractivity contribution is -0.123. The Morgan fingerprint density at radius 3 is 2.12 bits per heavy atom. The maximum atomic E-state index is 12.3. The number of Topliss-reactive ketones (excluding diaryl/α,β-unsaturated/α-hetero) is 1. The zero-order valence-corrected chi connectivity index (χ0v) is 20.0. The van der Waals surface area contributed by atoms with E-state index in [-0.39, 0.29) is 23.9 Å². The van der Waals surface area contributed by atoms with Gasteiger partial charge in [0.05, 0.1) is 18.3 Å². The number of nitrogens with one attached hydrogen (secondary N) is 3. The predicted octanol–water partition coefficient (Wildman–Crippen LogP) is 4.58. The number of aromatic nitrogens is 1. The smallest absolute Gasteiger partial charge is 0.268 e.